The molecule has 0 aliphatic carbocycles. The molecule has 0 saturated carbocycles. The fourth-order valence-electron chi connectivity index (χ4n) is 2.52. The van der Waals surface area contributed by atoms with E-state index in [2.05, 4.69) is 10.6 Å². The van der Waals surface area contributed by atoms with E-state index < -0.39 is 48.9 Å². The van der Waals surface area contributed by atoms with Crippen LogP contribution in [0.3, 0.4) is 0 Å². The van der Waals surface area contributed by atoms with E-state index in [1.54, 1.807) is 0 Å². The third kappa shape index (κ3) is 5.97. The summed E-state index contributed by atoms with van der Waals surface area (Å²) in [5.74, 6) is -4.05. The topological polar surface area (TPSA) is 116 Å². The van der Waals surface area contributed by atoms with E-state index in [-0.39, 0.29) is 24.2 Å². The second-order valence-electron chi connectivity index (χ2n) is 5.93. The van der Waals surface area contributed by atoms with Crippen LogP contribution in [0.2, 0.25) is 0 Å². The van der Waals surface area contributed by atoms with Gasteiger partial charge in [-0.05, 0) is 24.3 Å². The lowest BCUT2D eigenvalue weighted by atomic mass is 10.1. The molecule has 1 aliphatic heterocycles. The number of hydrogen-bond donors (Lipinski definition) is 3. The van der Waals surface area contributed by atoms with Crippen LogP contribution in [-0.4, -0.2) is 59.5 Å². The molecule has 2 rings (SSSR count). The fraction of sp³-hybridized carbons (Fsp3) is 0.375. The summed E-state index contributed by atoms with van der Waals surface area (Å²) in [4.78, 5) is 46.4. The maximum absolute atomic E-state index is 12.4. The first-order valence-corrected chi connectivity index (χ1v) is 7.80. The molecular formula is C16H16F3N3O5. The van der Waals surface area contributed by atoms with Crippen LogP contribution in [-0.2, 0) is 14.4 Å². The molecule has 3 amide bonds. The maximum atomic E-state index is 12.4. The second-order valence-corrected chi connectivity index (χ2v) is 5.93. The summed E-state index contributed by atoms with van der Waals surface area (Å²) >= 11 is 0. The lowest BCUT2D eigenvalue weighted by Gasteiger charge is -2.18. The van der Waals surface area contributed by atoms with Crippen LogP contribution in [0.25, 0.3) is 0 Å². The Bertz CT molecular complexity index is 749. The third-order valence-electron chi connectivity index (χ3n) is 3.77. The molecule has 1 fully saturated rings. The summed E-state index contributed by atoms with van der Waals surface area (Å²) in [7, 11) is 0. The van der Waals surface area contributed by atoms with Crippen LogP contribution in [0, 0.1) is 5.92 Å². The lowest BCUT2D eigenvalue weighted by Crippen LogP contribution is -2.36. The van der Waals surface area contributed by atoms with Gasteiger partial charge in [-0.2, -0.15) is 13.2 Å². The van der Waals surface area contributed by atoms with Gasteiger partial charge in [0.15, 0.2) is 0 Å². The van der Waals surface area contributed by atoms with Gasteiger partial charge in [-0.3, -0.25) is 19.2 Å². The van der Waals surface area contributed by atoms with Crippen molar-refractivity contribution in [3.63, 3.8) is 0 Å². The van der Waals surface area contributed by atoms with Gasteiger partial charge in [-0.25, -0.2) is 0 Å². The van der Waals surface area contributed by atoms with Gasteiger partial charge in [-0.15, -0.1) is 0 Å². The standard InChI is InChI=1S/C16H16F3N3O5/c17-16(18,19)8-22-7-10(5-12(22)23)15(27)21-11-3-1-9(2-4-11)14(26)20-6-13(24)25/h1-4,10H,5-8H2,(H,20,26)(H,21,27)(H,24,25). The Kier molecular flexibility index (Phi) is 6.03. The third-order valence-corrected chi connectivity index (χ3v) is 3.77. The molecule has 1 atom stereocenters. The number of likely N-dealkylation sites (tertiary alicyclic amines) is 1. The van der Waals surface area contributed by atoms with Crippen molar-refractivity contribution >= 4 is 29.4 Å². The van der Waals surface area contributed by atoms with Crippen molar-refractivity contribution in [1.29, 1.82) is 0 Å². The SMILES string of the molecule is O=C(O)CNC(=O)c1ccc(NC(=O)C2CC(=O)N(CC(F)(F)F)C2)cc1. The van der Waals surface area contributed by atoms with Crippen LogP contribution in [0.4, 0.5) is 18.9 Å². The largest absolute Gasteiger partial charge is 0.480 e. The summed E-state index contributed by atoms with van der Waals surface area (Å²) in [6, 6.07) is 5.47. The molecule has 3 N–H and O–H groups in total. The minimum Gasteiger partial charge on any atom is -0.480 e. The predicted octanol–water partition coefficient (Wildman–Crippen LogP) is 0.850. The number of anilines is 1. The average Bonchev–Trinajstić information content (AvgIpc) is 2.92. The Labute approximate surface area is 151 Å². The molecule has 8 nitrogen and oxygen atoms in total. The van der Waals surface area contributed by atoms with Crippen LogP contribution < -0.4 is 10.6 Å². The van der Waals surface area contributed by atoms with Crippen molar-refractivity contribution in [1.82, 2.24) is 10.2 Å². The van der Waals surface area contributed by atoms with Crippen LogP contribution in [0.15, 0.2) is 24.3 Å². The summed E-state index contributed by atoms with van der Waals surface area (Å²) in [6.07, 6.45) is -4.84. The summed E-state index contributed by atoms with van der Waals surface area (Å²) in [6.45, 7) is -2.25. The highest BCUT2D eigenvalue weighted by atomic mass is 19.4. The number of carbonyl (C=O) groups is 4. The van der Waals surface area contributed by atoms with E-state index in [0.717, 1.165) is 0 Å². The first kappa shape index (κ1) is 20.2. The van der Waals surface area contributed by atoms with Gasteiger partial charge in [-0.1, -0.05) is 0 Å². The highest BCUT2D eigenvalue weighted by molar-refractivity contribution is 5.99. The summed E-state index contributed by atoms with van der Waals surface area (Å²) < 4.78 is 37.2. The molecule has 1 aromatic rings. The van der Waals surface area contributed by atoms with Crippen LogP contribution in [0.1, 0.15) is 16.8 Å². The van der Waals surface area contributed by atoms with Crippen molar-refractivity contribution in [3.05, 3.63) is 29.8 Å². The highest BCUT2D eigenvalue weighted by Crippen LogP contribution is 2.24. The number of halogens is 3. The van der Waals surface area contributed by atoms with Crippen molar-refractivity contribution in [3.8, 4) is 0 Å². The number of benzene rings is 1. The summed E-state index contributed by atoms with van der Waals surface area (Å²) in [5.41, 5.74) is 0.457. The molecule has 0 bridgehead atoms. The maximum Gasteiger partial charge on any atom is 0.406 e. The zero-order chi connectivity index (χ0) is 20.2. The van der Waals surface area contributed by atoms with Crippen LogP contribution in [0.5, 0.6) is 0 Å². The average molecular weight is 387 g/mol. The molecule has 1 heterocycles. The zero-order valence-corrected chi connectivity index (χ0v) is 13.9. The van der Waals surface area contributed by atoms with Crippen molar-refractivity contribution in [2.24, 2.45) is 5.92 Å². The molecule has 0 aromatic heterocycles. The molecule has 1 aliphatic rings. The van der Waals surface area contributed by atoms with Crippen LogP contribution >= 0.6 is 0 Å². The molecule has 1 saturated heterocycles. The highest BCUT2D eigenvalue weighted by Gasteiger charge is 2.40. The smallest absolute Gasteiger partial charge is 0.406 e. The van der Waals surface area contributed by atoms with E-state index in [0.29, 0.717) is 4.90 Å². The van der Waals surface area contributed by atoms with Gasteiger partial charge in [0, 0.05) is 24.2 Å². The number of amides is 3. The Morgan fingerprint density at radius 1 is 1.19 bits per heavy atom. The number of carbonyl (C=O) groups excluding carboxylic acids is 3. The van der Waals surface area contributed by atoms with E-state index >= 15 is 0 Å². The minimum atomic E-state index is -4.53. The first-order valence-electron chi connectivity index (χ1n) is 7.80. The monoisotopic (exact) mass is 387 g/mol. The molecule has 146 valence electrons. The van der Waals surface area contributed by atoms with Crippen molar-refractivity contribution in [2.75, 3.05) is 25.0 Å². The number of rotatable bonds is 6. The molecule has 0 spiro atoms. The summed E-state index contributed by atoms with van der Waals surface area (Å²) in [5, 5.41) is 13.2. The lowest BCUT2D eigenvalue weighted by molar-refractivity contribution is -0.157. The number of carboxylic acids is 1. The molecular weight excluding hydrogens is 371 g/mol. The van der Waals surface area contributed by atoms with Gasteiger partial charge in [0.1, 0.15) is 13.1 Å². The second kappa shape index (κ2) is 8.06. The number of aliphatic carboxylic acids is 1. The number of hydrogen-bond acceptors (Lipinski definition) is 4. The van der Waals surface area contributed by atoms with Gasteiger partial charge in [0.2, 0.25) is 11.8 Å². The normalized spacial score (nSPS) is 16.9. The fourth-order valence-corrected chi connectivity index (χ4v) is 2.52. The molecule has 27 heavy (non-hydrogen) atoms. The van der Waals surface area contributed by atoms with E-state index in [4.69, 9.17) is 5.11 Å². The number of carboxylic acid groups (broad SMARTS) is 1. The number of nitrogens with one attached hydrogen (secondary N) is 2. The zero-order valence-electron chi connectivity index (χ0n) is 13.9. The predicted molar refractivity (Wildman–Crippen MR) is 85.8 cm³/mol. The van der Waals surface area contributed by atoms with Gasteiger partial charge in [0.25, 0.3) is 5.91 Å². The number of alkyl halides is 3. The number of nitrogens with zero attached hydrogens (tertiary/aromatic N) is 1. The van der Waals surface area contributed by atoms with Crippen molar-refractivity contribution < 1.29 is 37.5 Å². The van der Waals surface area contributed by atoms with Gasteiger partial charge in [0.05, 0.1) is 5.92 Å². The van der Waals surface area contributed by atoms with E-state index in [1.165, 1.54) is 24.3 Å². The van der Waals surface area contributed by atoms with E-state index in [9.17, 15) is 32.3 Å². The first-order chi connectivity index (χ1) is 12.5. The Morgan fingerprint density at radius 3 is 2.37 bits per heavy atom. The minimum absolute atomic E-state index is 0.168. The Morgan fingerprint density at radius 2 is 1.81 bits per heavy atom. The Balaban J connectivity index is 1.91. The quantitative estimate of drug-likeness (QED) is 0.669. The molecule has 0 radical (unpaired) electrons. The van der Waals surface area contributed by atoms with Gasteiger partial charge < -0.3 is 20.6 Å². The van der Waals surface area contributed by atoms with Gasteiger partial charge >= 0.3 is 12.1 Å². The molecule has 1 aromatic carbocycles. The molecule has 11 heteroatoms. The Hall–Kier alpha value is -3.11. The van der Waals surface area contributed by atoms with Crippen molar-refractivity contribution in [2.45, 2.75) is 12.6 Å². The van der Waals surface area contributed by atoms with E-state index in [1.807, 2.05) is 0 Å². The molecule has 1 unspecified atom stereocenters.